The summed E-state index contributed by atoms with van der Waals surface area (Å²) in [5.74, 6) is 2.13. The number of hydrogen-bond acceptors (Lipinski definition) is 2. The molecule has 1 atom stereocenters. The fraction of sp³-hybridized carbons (Fsp3) is 0.938. The third-order valence-corrected chi connectivity index (χ3v) is 4.81. The summed E-state index contributed by atoms with van der Waals surface area (Å²) >= 11 is 0. The molecule has 0 amide bonds. The lowest BCUT2D eigenvalue weighted by molar-refractivity contribution is 0.0619. The molecule has 0 heterocycles. The van der Waals surface area contributed by atoms with Gasteiger partial charge in [-0.1, -0.05) is 66.2 Å². The fourth-order valence-corrected chi connectivity index (χ4v) is 3.93. The molecule has 0 aromatic heterocycles. The average molecular weight is 253 g/mol. The highest BCUT2D eigenvalue weighted by Crippen LogP contribution is 2.48. The molecule has 2 aliphatic carbocycles. The minimum atomic E-state index is 0. The van der Waals surface area contributed by atoms with Crippen LogP contribution in [-0.4, -0.2) is 6.08 Å². The highest BCUT2D eigenvalue weighted by molar-refractivity contribution is 5.26. The van der Waals surface area contributed by atoms with Crippen molar-refractivity contribution in [2.75, 3.05) is 0 Å². The summed E-state index contributed by atoms with van der Waals surface area (Å²) in [6.45, 7) is 5.04. The Balaban J connectivity index is 0.000000660. The van der Waals surface area contributed by atoms with Crippen LogP contribution in [0.5, 0.6) is 0 Å². The van der Waals surface area contributed by atoms with Crippen LogP contribution in [0.1, 0.15) is 79.1 Å². The summed E-state index contributed by atoms with van der Waals surface area (Å²) in [5, 5.41) is 5.40. The van der Waals surface area contributed by atoms with Gasteiger partial charge in [0.15, 0.2) is 0 Å². The highest BCUT2D eigenvalue weighted by atomic mass is 16.1. The van der Waals surface area contributed by atoms with Crippen molar-refractivity contribution in [1.29, 1.82) is 5.41 Å². The van der Waals surface area contributed by atoms with Crippen molar-refractivity contribution in [1.82, 2.24) is 0 Å². The minimum absolute atomic E-state index is 0. The molecule has 1 N–H and O–H groups in total. The summed E-state index contributed by atoms with van der Waals surface area (Å²) in [4.78, 5) is 8.35. The van der Waals surface area contributed by atoms with Gasteiger partial charge in [0.25, 0.3) is 0 Å². The molecule has 2 aliphatic rings. The third kappa shape index (κ3) is 4.94. The van der Waals surface area contributed by atoms with E-state index in [4.69, 9.17) is 10.2 Å². The Bertz CT molecular complexity index is 248. The second-order valence-electron chi connectivity index (χ2n) is 6.34. The van der Waals surface area contributed by atoms with Crippen LogP contribution in [0.25, 0.3) is 0 Å². The summed E-state index contributed by atoms with van der Waals surface area (Å²) in [6.07, 6.45) is 14.3. The fourth-order valence-electron chi connectivity index (χ4n) is 3.93. The molecule has 0 radical (unpaired) electrons. The first-order chi connectivity index (χ1) is 8.11. The molecule has 2 fully saturated rings. The van der Waals surface area contributed by atoms with Gasteiger partial charge in [0.2, 0.25) is 6.08 Å². The monoisotopic (exact) mass is 253 g/mol. The molecule has 0 aromatic carbocycles. The maximum atomic E-state index is 8.35. The van der Waals surface area contributed by atoms with Crippen LogP contribution in [-0.2, 0) is 4.79 Å². The van der Waals surface area contributed by atoms with Gasteiger partial charge in [-0.3, -0.25) is 0 Å². The maximum absolute atomic E-state index is 8.35. The molecule has 18 heavy (non-hydrogen) atoms. The molecule has 0 spiro atoms. The van der Waals surface area contributed by atoms with E-state index < -0.39 is 0 Å². The zero-order valence-corrected chi connectivity index (χ0v) is 11.4. The van der Waals surface area contributed by atoms with Crippen LogP contribution in [0, 0.1) is 22.7 Å². The van der Waals surface area contributed by atoms with E-state index in [9.17, 15) is 0 Å². The molecular weight excluding hydrogens is 222 g/mol. The number of nitrogens with one attached hydrogen (secondary N) is 1. The Kier molecular flexibility index (Phi) is 8.18. The van der Waals surface area contributed by atoms with Crippen molar-refractivity contribution in [3.05, 3.63) is 0 Å². The predicted molar refractivity (Wildman–Crippen MR) is 77.5 cm³/mol. The van der Waals surface area contributed by atoms with E-state index >= 15 is 0 Å². The van der Waals surface area contributed by atoms with Gasteiger partial charge in [-0.25, -0.2) is 10.2 Å². The molecule has 2 heteroatoms. The van der Waals surface area contributed by atoms with Gasteiger partial charge >= 0.3 is 0 Å². The van der Waals surface area contributed by atoms with E-state index in [1.807, 2.05) is 0 Å². The maximum Gasteiger partial charge on any atom is 0.231 e. The first kappa shape index (κ1) is 17.4. The topological polar surface area (TPSA) is 40.9 Å². The quantitative estimate of drug-likeness (QED) is 0.498. The van der Waals surface area contributed by atoms with Gasteiger partial charge < -0.3 is 0 Å². The van der Waals surface area contributed by atoms with Crippen LogP contribution in [0.2, 0.25) is 0 Å². The van der Waals surface area contributed by atoms with E-state index in [0.29, 0.717) is 5.41 Å². The molecule has 0 aliphatic heterocycles. The molecule has 0 bridgehead atoms. The summed E-state index contributed by atoms with van der Waals surface area (Å²) in [6, 6.07) is 0. The van der Waals surface area contributed by atoms with Crippen molar-refractivity contribution in [2.45, 2.75) is 79.1 Å². The van der Waals surface area contributed by atoms with E-state index in [-0.39, 0.29) is 7.43 Å². The molecule has 106 valence electrons. The van der Waals surface area contributed by atoms with Crippen molar-refractivity contribution >= 4 is 6.08 Å². The van der Waals surface area contributed by atoms with E-state index in [0.717, 1.165) is 17.9 Å². The van der Waals surface area contributed by atoms with Gasteiger partial charge in [-0.15, -0.1) is 0 Å². The van der Waals surface area contributed by atoms with Crippen LogP contribution in [0.4, 0.5) is 0 Å². The Labute approximate surface area is 113 Å². The number of carbonyl (C=O) groups excluding carboxylic acids is 1. The Morgan fingerprint density at radius 1 is 1.00 bits per heavy atom. The van der Waals surface area contributed by atoms with Crippen LogP contribution < -0.4 is 0 Å². The van der Waals surface area contributed by atoms with Gasteiger partial charge in [-0.2, -0.15) is 0 Å². The SMILES string of the molecule is C.CC1(C)CCCCC1C1CCCCC1.N=C=O. The van der Waals surface area contributed by atoms with Crippen molar-refractivity contribution in [3.63, 3.8) is 0 Å². The van der Waals surface area contributed by atoms with Gasteiger partial charge in [-0.05, 0) is 30.1 Å². The lowest BCUT2D eigenvalue weighted by atomic mass is 9.61. The Morgan fingerprint density at radius 3 is 2.00 bits per heavy atom. The molecule has 2 saturated carbocycles. The van der Waals surface area contributed by atoms with Crippen LogP contribution in [0.15, 0.2) is 0 Å². The standard InChI is InChI=1S/C14H26.CHNO.CH4/c1-14(2)11-7-6-10-13(14)12-8-4-3-5-9-12;2-1-3;/h12-13H,3-11H2,1-2H3;2H;1H4. The Hall–Kier alpha value is -0.620. The first-order valence-corrected chi connectivity index (χ1v) is 7.15. The number of hydrogen-bond donors (Lipinski definition) is 1. The van der Waals surface area contributed by atoms with Crippen LogP contribution in [0.3, 0.4) is 0 Å². The summed E-state index contributed by atoms with van der Waals surface area (Å²) < 4.78 is 0. The molecule has 2 nitrogen and oxygen atoms in total. The van der Waals surface area contributed by atoms with E-state index in [1.54, 1.807) is 0 Å². The van der Waals surface area contributed by atoms with E-state index in [1.165, 1.54) is 57.8 Å². The van der Waals surface area contributed by atoms with Crippen molar-refractivity contribution < 1.29 is 4.79 Å². The van der Waals surface area contributed by atoms with Crippen LogP contribution >= 0.6 is 0 Å². The number of isocyanates is 1. The van der Waals surface area contributed by atoms with Crippen molar-refractivity contribution in [2.24, 2.45) is 17.3 Å². The molecule has 0 saturated heterocycles. The predicted octanol–water partition coefficient (Wildman–Crippen LogP) is 5.32. The molecular formula is C16H31NO. The smallest absolute Gasteiger partial charge is 0.222 e. The second kappa shape index (κ2) is 8.48. The van der Waals surface area contributed by atoms with Gasteiger partial charge in [0, 0.05) is 0 Å². The van der Waals surface area contributed by atoms with Gasteiger partial charge in [0.05, 0.1) is 0 Å². The number of rotatable bonds is 1. The molecule has 0 aromatic rings. The normalized spacial score (nSPS) is 27.1. The first-order valence-electron chi connectivity index (χ1n) is 7.15. The largest absolute Gasteiger partial charge is 0.231 e. The Morgan fingerprint density at radius 2 is 1.50 bits per heavy atom. The molecule has 1 unspecified atom stereocenters. The summed E-state index contributed by atoms with van der Waals surface area (Å²) in [7, 11) is 0. The van der Waals surface area contributed by atoms with E-state index in [2.05, 4.69) is 13.8 Å². The minimum Gasteiger partial charge on any atom is -0.222 e. The zero-order chi connectivity index (χ0) is 12.7. The lowest BCUT2D eigenvalue weighted by Gasteiger charge is -2.44. The summed E-state index contributed by atoms with van der Waals surface area (Å²) in [5.41, 5.74) is 0.653. The average Bonchev–Trinajstić information content (AvgIpc) is 2.30. The third-order valence-electron chi connectivity index (χ3n) is 4.81. The molecule has 2 rings (SSSR count). The zero-order valence-electron chi connectivity index (χ0n) is 11.4. The highest BCUT2D eigenvalue weighted by Gasteiger charge is 2.37. The second-order valence-corrected chi connectivity index (χ2v) is 6.34. The van der Waals surface area contributed by atoms with Crippen molar-refractivity contribution in [3.8, 4) is 0 Å². The van der Waals surface area contributed by atoms with Gasteiger partial charge in [0.1, 0.15) is 0 Å². The lowest BCUT2D eigenvalue weighted by Crippen LogP contribution is -2.34.